The highest BCUT2D eigenvalue weighted by atomic mass is 16.2. The number of anilines is 1. The van der Waals surface area contributed by atoms with Gasteiger partial charge in [-0.25, -0.2) is 4.98 Å². The van der Waals surface area contributed by atoms with Crippen molar-refractivity contribution in [3.63, 3.8) is 0 Å². The quantitative estimate of drug-likeness (QED) is 0.800. The molecule has 1 amide bonds. The van der Waals surface area contributed by atoms with Gasteiger partial charge < -0.3 is 9.72 Å². The van der Waals surface area contributed by atoms with Gasteiger partial charge in [0, 0.05) is 29.6 Å². The molecule has 0 radical (unpaired) electrons. The molecule has 4 rings (SSSR count). The highest BCUT2D eigenvalue weighted by molar-refractivity contribution is 5.94. The molecule has 1 N–H and O–H groups in total. The summed E-state index contributed by atoms with van der Waals surface area (Å²) in [6.07, 6.45) is 6.08. The Labute approximate surface area is 128 Å². The number of fused-ring (bicyclic) bond motifs is 1. The maximum absolute atomic E-state index is 11.8. The number of hydrogen-bond donors (Lipinski definition) is 1. The largest absolute Gasteiger partial charge is 0.326 e. The minimum absolute atomic E-state index is 0.135. The first-order chi connectivity index (χ1) is 10.7. The first-order valence-electron chi connectivity index (χ1n) is 7.56. The third kappa shape index (κ3) is 2.48. The van der Waals surface area contributed by atoms with E-state index in [-0.39, 0.29) is 11.8 Å². The van der Waals surface area contributed by atoms with Gasteiger partial charge in [-0.05, 0) is 49.6 Å². The summed E-state index contributed by atoms with van der Waals surface area (Å²) >= 11 is 0. The van der Waals surface area contributed by atoms with E-state index in [1.807, 2.05) is 41.1 Å². The van der Waals surface area contributed by atoms with Crippen LogP contribution in [0.2, 0.25) is 0 Å². The number of aromatic nitrogens is 2. The van der Waals surface area contributed by atoms with Crippen LogP contribution in [0.1, 0.15) is 18.4 Å². The Morgan fingerprint density at radius 2 is 2.00 bits per heavy atom. The number of hydrogen-bond acceptors (Lipinski definition) is 2. The Bertz CT molecular complexity index is 844. The summed E-state index contributed by atoms with van der Waals surface area (Å²) in [6, 6.07) is 12.0. The third-order valence-electron chi connectivity index (χ3n) is 4.01. The molecule has 110 valence electrons. The number of carbonyl (C=O) groups excluding carboxylic acids is 1. The molecule has 1 fully saturated rings. The number of benzene rings is 1. The summed E-state index contributed by atoms with van der Waals surface area (Å²) in [7, 11) is 0. The first kappa shape index (κ1) is 13.1. The zero-order valence-electron chi connectivity index (χ0n) is 12.4. The number of imidazole rings is 1. The minimum Gasteiger partial charge on any atom is -0.326 e. The summed E-state index contributed by atoms with van der Waals surface area (Å²) in [5.74, 6) is 0.359. The van der Waals surface area contributed by atoms with Crippen LogP contribution >= 0.6 is 0 Å². The van der Waals surface area contributed by atoms with E-state index in [1.165, 1.54) is 5.56 Å². The normalized spacial score (nSPS) is 14.2. The number of nitrogens with zero attached hydrogens (tertiary/aromatic N) is 2. The molecule has 4 heteroatoms. The molecule has 2 aromatic heterocycles. The lowest BCUT2D eigenvalue weighted by Gasteiger charge is -2.04. The Balaban J connectivity index is 1.59. The predicted molar refractivity (Wildman–Crippen MR) is 86.7 cm³/mol. The summed E-state index contributed by atoms with van der Waals surface area (Å²) < 4.78 is 2.02. The van der Waals surface area contributed by atoms with E-state index in [4.69, 9.17) is 0 Å². The highest BCUT2D eigenvalue weighted by Crippen LogP contribution is 2.30. The third-order valence-corrected chi connectivity index (χ3v) is 4.01. The van der Waals surface area contributed by atoms with E-state index >= 15 is 0 Å². The van der Waals surface area contributed by atoms with E-state index in [2.05, 4.69) is 29.4 Å². The Hall–Kier alpha value is -2.62. The molecule has 4 nitrogen and oxygen atoms in total. The molecular formula is C18H17N3O. The smallest absolute Gasteiger partial charge is 0.227 e. The van der Waals surface area contributed by atoms with Crippen LogP contribution in [0.4, 0.5) is 5.69 Å². The molecule has 2 heterocycles. The molecule has 1 aliphatic rings. The van der Waals surface area contributed by atoms with Crippen molar-refractivity contribution in [2.75, 3.05) is 5.32 Å². The molecule has 1 aromatic carbocycles. The number of rotatable bonds is 3. The average molecular weight is 291 g/mol. The van der Waals surface area contributed by atoms with Crippen molar-refractivity contribution in [3.05, 3.63) is 54.4 Å². The predicted octanol–water partition coefficient (Wildman–Crippen LogP) is 3.66. The fourth-order valence-electron chi connectivity index (χ4n) is 2.54. The summed E-state index contributed by atoms with van der Waals surface area (Å²) in [5.41, 5.74) is 4.97. The van der Waals surface area contributed by atoms with Gasteiger partial charge in [-0.15, -0.1) is 0 Å². The molecule has 1 aliphatic carbocycles. The molecule has 0 atom stereocenters. The second-order valence-corrected chi connectivity index (χ2v) is 5.94. The minimum atomic E-state index is 0.135. The number of pyridine rings is 1. The van der Waals surface area contributed by atoms with E-state index in [9.17, 15) is 4.79 Å². The SMILES string of the molecule is Cc1ccn2cc(-c3ccc(NC(=O)C4CC4)cc3)nc2c1. The monoisotopic (exact) mass is 291 g/mol. The van der Waals surface area contributed by atoms with Gasteiger partial charge in [0.15, 0.2) is 0 Å². The van der Waals surface area contributed by atoms with Crippen LogP contribution in [-0.4, -0.2) is 15.3 Å². The molecule has 0 aliphatic heterocycles. The molecule has 3 aromatic rings. The van der Waals surface area contributed by atoms with Gasteiger partial charge in [-0.2, -0.15) is 0 Å². The van der Waals surface area contributed by atoms with Crippen molar-refractivity contribution in [2.45, 2.75) is 19.8 Å². The van der Waals surface area contributed by atoms with Crippen molar-refractivity contribution >= 4 is 17.2 Å². The standard InChI is InChI=1S/C18H17N3O/c1-12-8-9-21-11-16(20-17(21)10-12)13-4-6-15(7-5-13)19-18(22)14-2-3-14/h4-11,14H,2-3H2,1H3,(H,19,22). The van der Waals surface area contributed by atoms with Gasteiger partial charge in [0.2, 0.25) is 5.91 Å². The number of aryl methyl sites for hydroxylation is 1. The fraction of sp³-hybridized carbons (Fsp3) is 0.222. The van der Waals surface area contributed by atoms with Crippen LogP contribution in [0.15, 0.2) is 48.8 Å². The van der Waals surface area contributed by atoms with Gasteiger partial charge in [-0.3, -0.25) is 4.79 Å². The number of nitrogens with one attached hydrogen (secondary N) is 1. The fourth-order valence-corrected chi connectivity index (χ4v) is 2.54. The molecule has 0 saturated heterocycles. The van der Waals surface area contributed by atoms with E-state index < -0.39 is 0 Å². The summed E-state index contributed by atoms with van der Waals surface area (Å²) in [6.45, 7) is 2.06. The van der Waals surface area contributed by atoms with E-state index in [0.29, 0.717) is 0 Å². The maximum atomic E-state index is 11.8. The van der Waals surface area contributed by atoms with Crippen LogP contribution in [0, 0.1) is 12.8 Å². The lowest BCUT2D eigenvalue weighted by molar-refractivity contribution is -0.117. The van der Waals surface area contributed by atoms with Crippen molar-refractivity contribution < 1.29 is 4.79 Å². The van der Waals surface area contributed by atoms with Gasteiger partial charge in [0.1, 0.15) is 5.65 Å². The van der Waals surface area contributed by atoms with Crippen LogP contribution in [-0.2, 0) is 4.79 Å². The second kappa shape index (κ2) is 4.98. The molecular weight excluding hydrogens is 274 g/mol. The molecule has 22 heavy (non-hydrogen) atoms. The van der Waals surface area contributed by atoms with Crippen LogP contribution in [0.5, 0.6) is 0 Å². The molecule has 0 spiro atoms. The van der Waals surface area contributed by atoms with E-state index in [1.54, 1.807) is 0 Å². The Morgan fingerprint density at radius 1 is 1.23 bits per heavy atom. The Kier molecular flexibility index (Phi) is 2.96. The van der Waals surface area contributed by atoms with E-state index in [0.717, 1.165) is 35.4 Å². The first-order valence-corrected chi connectivity index (χ1v) is 7.56. The van der Waals surface area contributed by atoms with Crippen LogP contribution in [0.3, 0.4) is 0 Å². The van der Waals surface area contributed by atoms with Crippen molar-refractivity contribution in [3.8, 4) is 11.3 Å². The number of amides is 1. The van der Waals surface area contributed by atoms with Crippen molar-refractivity contribution in [1.82, 2.24) is 9.38 Å². The molecule has 1 saturated carbocycles. The highest BCUT2D eigenvalue weighted by Gasteiger charge is 2.29. The maximum Gasteiger partial charge on any atom is 0.227 e. The number of carbonyl (C=O) groups is 1. The lowest BCUT2D eigenvalue weighted by Crippen LogP contribution is -2.12. The van der Waals surface area contributed by atoms with Crippen LogP contribution < -0.4 is 5.32 Å². The van der Waals surface area contributed by atoms with Crippen LogP contribution in [0.25, 0.3) is 16.9 Å². The summed E-state index contributed by atoms with van der Waals surface area (Å²) in [5, 5.41) is 2.95. The van der Waals surface area contributed by atoms with Gasteiger partial charge in [-0.1, -0.05) is 12.1 Å². The van der Waals surface area contributed by atoms with Crippen molar-refractivity contribution in [1.29, 1.82) is 0 Å². The van der Waals surface area contributed by atoms with Gasteiger partial charge >= 0.3 is 0 Å². The van der Waals surface area contributed by atoms with Gasteiger partial charge in [0.05, 0.1) is 5.69 Å². The second-order valence-electron chi connectivity index (χ2n) is 5.94. The Morgan fingerprint density at radius 3 is 2.73 bits per heavy atom. The average Bonchev–Trinajstić information content (AvgIpc) is 3.28. The zero-order valence-corrected chi connectivity index (χ0v) is 12.4. The van der Waals surface area contributed by atoms with Gasteiger partial charge in [0.25, 0.3) is 0 Å². The zero-order chi connectivity index (χ0) is 15.1. The topological polar surface area (TPSA) is 46.4 Å². The molecule has 0 unspecified atom stereocenters. The molecule has 0 bridgehead atoms. The summed E-state index contributed by atoms with van der Waals surface area (Å²) in [4.78, 5) is 16.4. The van der Waals surface area contributed by atoms with Crippen molar-refractivity contribution in [2.24, 2.45) is 5.92 Å². The lowest BCUT2D eigenvalue weighted by atomic mass is 10.1.